The van der Waals surface area contributed by atoms with Crippen molar-refractivity contribution in [3.05, 3.63) is 23.9 Å². The van der Waals surface area contributed by atoms with Crippen LogP contribution in [-0.4, -0.2) is 55.3 Å². The van der Waals surface area contributed by atoms with Gasteiger partial charge in [-0.25, -0.2) is 4.98 Å². The van der Waals surface area contributed by atoms with Gasteiger partial charge in [0.2, 0.25) is 0 Å². The van der Waals surface area contributed by atoms with Gasteiger partial charge in [-0.2, -0.15) is 13.2 Å². The summed E-state index contributed by atoms with van der Waals surface area (Å²) in [4.78, 5) is 8.49. The van der Waals surface area contributed by atoms with Crippen molar-refractivity contribution in [1.29, 1.82) is 0 Å². The molecule has 4 nitrogen and oxygen atoms in total. The van der Waals surface area contributed by atoms with E-state index < -0.39 is 11.7 Å². The van der Waals surface area contributed by atoms with Crippen molar-refractivity contribution in [3.63, 3.8) is 0 Å². The third kappa shape index (κ3) is 5.82. The molecule has 1 aromatic rings. The number of aromatic nitrogens is 1. The summed E-state index contributed by atoms with van der Waals surface area (Å²) in [5, 5.41) is 0. The average molecular weight is 385 g/mol. The zero-order valence-electron chi connectivity index (χ0n) is 16.0. The second-order valence-electron chi connectivity index (χ2n) is 7.76. The molecule has 0 spiro atoms. The number of alkyl halides is 3. The molecule has 0 amide bonds. The van der Waals surface area contributed by atoms with Crippen LogP contribution < -0.4 is 4.90 Å². The first-order chi connectivity index (χ1) is 12.9. The molecule has 2 atom stereocenters. The van der Waals surface area contributed by atoms with Gasteiger partial charge in [0, 0.05) is 32.4 Å². The van der Waals surface area contributed by atoms with E-state index in [-0.39, 0.29) is 0 Å². The Morgan fingerprint density at radius 2 is 1.89 bits per heavy atom. The highest BCUT2D eigenvalue weighted by Gasteiger charge is 2.31. The Balaban J connectivity index is 1.44. The highest BCUT2D eigenvalue weighted by atomic mass is 19.4. The first-order valence-corrected chi connectivity index (χ1v) is 10.1. The highest BCUT2D eigenvalue weighted by molar-refractivity contribution is 5.40. The predicted octanol–water partition coefficient (Wildman–Crippen LogP) is 4.21. The van der Waals surface area contributed by atoms with Crippen LogP contribution in [0, 0.1) is 5.92 Å². The number of rotatable bonds is 5. The number of halogens is 3. The maximum absolute atomic E-state index is 12.7. The molecule has 0 N–H and O–H groups in total. The molecular weight excluding hydrogens is 355 g/mol. The summed E-state index contributed by atoms with van der Waals surface area (Å²) >= 11 is 0. The van der Waals surface area contributed by atoms with Crippen LogP contribution in [0.25, 0.3) is 0 Å². The lowest BCUT2D eigenvalue weighted by molar-refractivity contribution is -0.137. The van der Waals surface area contributed by atoms with E-state index in [1.54, 1.807) is 0 Å². The van der Waals surface area contributed by atoms with Crippen molar-refractivity contribution in [3.8, 4) is 0 Å². The second kappa shape index (κ2) is 9.24. The Morgan fingerprint density at radius 3 is 2.59 bits per heavy atom. The zero-order valence-corrected chi connectivity index (χ0v) is 16.0. The smallest absolute Gasteiger partial charge is 0.377 e. The van der Waals surface area contributed by atoms with E-state index in [2.05, 4.69) is 21.7 Å². The van der Waals surface area contributed by atoms with Crippen LogP contribution in [0.4, 0.5) is 19.0 Å². The Labute approximate surface area is 159 Å². The van der Waals surface area contributed by atoms with Gasteiger partial charge in [0.25, 0.3) is 0 Å². The summed E-state index contributed by atoms with van der Waals surface area (Å²) in [7, 11) is 0. The van der Waals surface area contributed by atoms with Crippen molar-refractivity contribution >= 4 is 5.82 Å². The predicted molar refractivity (Wildman–Crippen MR) is 99.9 cm³/mol. The lowest BCUT2D eigenvalue weighted by atomic mass is 9.88. The molecule has 1 aliphatic carbocycles. The molecule has 152 valence electrons. The van der Waals surface area contributed by atoms with Gasteiger partial charge in [-0.3, -0.25) is 4.90 Å². The third-order valence-corrected chi connectivity index (χ3v) is 5.76. The van der Waals surface area contributed by atoms with Gasteiger partial charge in [0.05, 0.1) is 18.3 Å². The van der Waals surface area contributed by atoms with Crippen molar-refractivity contribution < 1.29 is 17.9 Å². The molecule has 2 aliphatic rings. The normalized spacial score (nSPS) is 25.4. The molecule has 2 heterocycles. The van der Waals surface area contributed by atoms with Gasteiger partial charge in [0.1, 0.15) is 5.82 Å². The number of ether oxygens (including phenoxy) is 1. The van der Waals surface area contributed by atoms with Gasteiger partial charge >= 0.3 is 6.18 Å². The van der Waals surface area contributed by atoms with Crippen LogP contribution in [0.5, 0.6) is 0 Å². The summed E-state index contributed by atoms with van der Waals surface area (Å²) in [6.07, 6.45) is 3.00. The van der Waals surface area contributed by atoms with E-state index in [1.807, 2.05) is 0 Å². The summed E-state index contributed by atoms with van der Waals surface area (Å²) < 4.78 is 44.2. The van der Waals surface area contributed by atoms with E-state index in [9.17, 15) is 13.2 Å². The largest absolute Gasteiger partial charge is 0.417 e. The van der Waals surface area contributed by atoms with Gasteiger partial charge in [-0.1, -0.05) is 19.8 Å². The average Bonchev–Trinajstić information content (AvgIpc) is 2.88. The monoisotopic (exact) mass is 385 g/mol. The van der Waals surface area contributed by atoms with Crippen molar-refractivity contribution in [2.45, 2.75) is 51.3 Å². The molecule has 1 aliphatic heterocycles. The zero-order chi connectivity index (χ0) is 19.3. The van der Waals surface area contributed by atoms with Gasteiger partial charge < -0.3 is 9.64 Å². The lowest BCUT2D eigenvalue weighted by Crippen LogP contribution is -2.35. The first-order valence-electron chi connectivity index (χ1n) is 10.1. The number of pyridine rings is 1. The van der Waals surface area contributed by atoms with Crippen molar-refractivity contribution in [2.24, 2.45) is 5.92 Å². The van der Waals surface area contributed by atoms with E-state index in [4.69, 9.17) is 4.74 Å². The fourth-order valence-electron chi connectivity index (χ4n) is 4.03. The molecule has 2 fully saturated rings. The Bertz CT molecular complexity index is 579. The number of nitrogens with zero attached hydrogens (tertiary/aromatic N) is 3. The Morgan fingerprint density at radius 1 is 1.07 bits per heavy atom. The SMILES string of the molecule is CC1CCCCC1OCCN1CCCN(c2ccc(C(F)(F)F)cn2)CC1. The standard InChI is InChI=1S/C20H30F3N3O/c1-16-5-2-3-6-18(16)27-14-13-25-9-4-10-26(12-11-25)19-8-7-17(15-24-19)20(21,22)23/h7-8,15-16,18H,2-6,9-14H2,1H3. The number of hydrogen-bond donors (Lipinski definition) is 0. The Kier molecular flexibility index (Phi) is 6.98. The molecule has 3 rings (SSSR count). The van der Waals surface area contributed by atoms with Crippen LogP contribution in [0.2, 0.25) is 0 Å². The summed E-state index contributed by atoms with van der Waals surface area (Å²) in [5.74, 6) is 1.28. The first kappa shape index (κ1) is 20.4. The van der Waals surface area contributed by atoms with E-state index >= 15 is 0 Å². The molecule has 27 heavy (non-hydrogen) atoms. The quantitative estimate of drug-likeness (QED) is 0.759. The van der Waals surface area contributed by atoms with Crippen LogP contribution in [-0.2, 0) is 10.9 Å². The van der Waals surface area contributed by atoms with Crippen LogP contribution in [0.1, 0.15) is 44.6 Å². The summed E-state index contributed by atoms with van der Waals surface area (Å²) in [6.45, 7) is 7.41. The van der Waals surface area contributed by atoms with E-state index in [0.717, 1.165) is 58.0 Å². The van der Waals surface area contributed by atoms with Gasteiger partial charge in [-0.05, 0) is 43.9 Å². The maximum atomic E-state index is 12.7. The molecule has 0 bridgehead atoms. The summed E-state index contributed by atoms with van der Waals surface area (Å²) in [5.41, 5.74) is -0.697. The molecular formula is C20H30F3N3O. The molecule has 1 saturated carbocycles. The number of anilines is 1. The van der Waals surface area contributed by atoms with Crippen LogP contribution >= 0.6 is 0 Å². The Hall–Kier alpha value is -1.34. The summed E-state index contributed by atoms with van der Waals surface area (Å²) in [6, 6.07) is 2.59. The maximum Gasteiger partial charge on any atom is 0.417 e. The highest BCUT2D eigenvalue weighted by Crippen LogP contribution is 2.29. The minimum absolute atomic E-state index is 0.401. The molecule has 0 aromatic carbocycles. The van der Waals surface area contributed by atoms with Crippen LogP contribution in [0.3, 0.4) is 0 Å². The van der Waals surface area contributed by atoms with Gasteiger partial charge in [0.15, 0.2) is 0 Å². The minimum atomic E-state index is -4.34. The third-order valence-electron chi connectivity index (χ3n) is 5.76. The molecule has 1 aromatic heterocycles. The fraction of sp³-hybridized carbons (Fsp3) is 0.750. The van der Waals surface area contributed by atoms with Crippen molar-refractivity contribution in [1.82, 2.24) is 9.88 Å². The second-order valence-corrected chi connectivity index (χ2v) is 7.76. The van der Waals surface area contributed by atoms with Gasteiger partial charge in [-0.15, -0.1) is 0 Å². The molecule has 7 heteroatoms. The van der Waals surface area contributed by atoms with E-state index in [1.165, 1.54) is 31.7 Å². The molecule has 0 radical (unpaired) electrons. The lowest BCUT2D eigenvalue weighted by Gasteiger charge is -2.30. The van der Waals surface area contributed by atoms with Crippen LogP contribution in [0.15, 0.2) is 18.3 Å². The number of hydrogen-bond acceptors (Lipinski definition) is 4. The molecule has 2 unspecified atom stereocenters. The van der Waals surface area contributed by atoms with Crippen molar-refractivity contribution in [2.75, 3.05) is 44.2 Å². The fourth-order valence-corrected chi connectivity index (χ4v) is 4.03. The topological polar surface area (TPSA) is 28.6 Å². The minimum Gasteiger partial charge on any atom is -0.377 e. The molecule has 1 saturated heterocycles. The van der Waals surface area contributed by atoms with E-state index in [0.29, 0.717) is 17.8 Å².